The molecule has 0 bridgehead atoms. The van der Waals surface area contributed by atoms with Gasteiger partial charge in [0, 0.05) is 25.7 Å². The number of hydrogen-bond acceptors (Lipinski definition) is 8. The molecule has 1 aromatic heterocycles. The monoisotopic (exact) mass is 506 g/mol. The van der Waals surface area contributed by atoms with Crippen LogP contribution in [0.5, 0.6) is 0 Å². The minimum atomic E-state index is -4.18. The lowest BCUT2D eigenvalue weighted by atomic mass is 9.77. The predicted octanol–water partition coefficient (Wildman–Crippen LogP) is 1.87. The zero-order valence-corrected chi connectivity index (χ0v) is 19.7. The highest BCUT2D eigenvalue weighted by Gasteiger charge is 2.43. The molecule has 0 unspecified atom stereocenters. The fourth-order valence-corrected chi connectivity index (χ4v) is 5.00. The normalized spacial score (nSPS) is 28.9. The van der Waals surface area contributed by atoms with Gasteiger partial charge in [0.15, 0.2) is 11.6 Å². The molecule has 0 radical (unpaired) electrons. The maximum atomic E-state index is 15.1. The van der Waals surface area contributed by atoms with Crippen molar-refractivity contribution in [3.05, 3.63) is 12.1 Å². The lowest BCUT2D eigenvalue weighted by Gasteiger charge is -2.41. The van der Waals surface area contributed by atoms with Crippen LogP contribution >= 0.6 is 0 Å². The number of carbonyl (C=O) groups excluding carboxylic acids is 1. The number of alkyl halides is 3. The van der Waals surface area contributed by atoms with Crippen molar-refractivity contribution >= 4 is 17.5 Å². The molecule has 1 aromatic rings. The molecule has 1 saturated heterocycles. The summed E-state index contributed by atoms with van der Waals surface area (Å²) >= 11 is 0. The number of halogens is 4. The Bertz CT molecular complexity index is 868. The number of nitrogens with one attached hydrogen (secondary N) is 2. The lowest BCUT2D eigenvalue weighted by molar-refractivity contribution is -0.184. The molecule has 9 nitrogen and oxygen atoms in total. The minimum Gasteiger partial charge on any atom is -0.389 e. The smallest absolute Gasteiger partial charge is 0.389 e. The van der Waals surface area contributed by atoms with Gasteiger partial charge >= 0.3 is 6.18 Å². The molecule has 2 heterocycles. The average molecular weight is 507 g/mol. The highest BCUT2D eigenvalue weighted by molar-refractivity contribution is 5.75. The molecule has 2 fully saturated rings. The van der Waals surface area contributed by atoms with Crippen LogP contribution in [-0.4, -0.2) is 81.1 Å². The van der Waals surface area contributed by atoms with Crippen LogP contribution in [0.4, 0.5) is 29.2 Å². The zero-order chi connectivity index (χ0) is 25.8. The maximum absolute atomic E-state index is 15.1. The van der Waals surface area contributed by atoms with Gasteiger partial charge in [-0.2, -0.15) is 17.6 Å². The first kappa shape index (κ1) is 27.3. The van der Waals surface area contributed by atoms with Crippen molar-refractivity contribution in [3.63, 3.8) is 0 Å². The minimum absolute atomic E-state index is 0.0351. The Balaban J connectivity index is 1.60. The third-order valence-electron chi connectivity index (χ3n) is 7.21. The van der Waals surface area contributed by atoms with Crippen LogP contribution in [-0.2, 0) is 4.79 Å². The molecular formula is C22H34F4N6O3. The number of nitrogens with zero attached hydrogens (tertiary/aromatic N) is 3. The van der Waals surface area contributed by atoms with Crippen LogP contribution in [0.25, 0.3) is 0 Å². The van der Waals surface area contributed by atoms with E-state index in [9.17, 15) is 28.2 Å². The van der Waals surface area contributed by atoms with Gasteiger partial charge in [0.05, 0.1) is 18.6 Å². The molecule has 1 amide bonds. The van der Waals surface area contributed by atoms with Gasteiger partial charge in [-0.1, -0.05) is 6.92 Å². The van der Waals surface area contributed by atoms with Crippen molar-refractivity contribution in [2.24, 2.45) is 17.6 Å². The summed E-state index contributed by atoms with van der Waals surface area (Å²) in [5.74, 6) is -2.88. The number of β-amino-alcohol motifs (C(OH)–C–C–N with tert-alkyl or cyclic N) is 1. The van der Waals surface area contributed by atoms with E-state index >= 15 is 4.39 Å². The number of primary amides is 1. The fourth-order valence-electron chi connectivity index (χ4n) is 5.00. The van der Waals surface area contributed by atoms with E-state index < -0.39 is 35.5 Å². The quantitative estimate of drug-likeness (QED) is 0.320. The summed E-state index contributed by atoms with van der Waals surface area (Å²) in [6.45, 7) is 2.02. The molecule has 1 aliphatic heterocycles. The topological polar surface area (TPSA) is 137 Å². The maximum Gasteiger partial charge on any atom is 0.391 e. The molecule has 0 aromatic carbocycles. The lowest BCUT2D eigenvalue weighted by Crippen LogP contribution is -2.59. The Labute approximate surface area is 201 Å². The van der Waals surface area contributed by atoms with Crippen molar-refractivity contribution in [3.8, 4) is 0 Å². The van der Waals surface area contributed by atoms with Crippen LogP contribution in [0.3, 0.4) is 0 Å². The van der Waals surface area contributed by atoms with Crippen molar-refractivity contribution in [2.75, 3.05) is 36.8 Å². The van der Waals surface area contributed by atoms with Gasteiger partial charge in [-0.25, -0.2) is 9.97 Å². The van der Waals surface area contributed by atoms with Gasteiger partial charge in [0.25, 0.3) is 0 Å². The van der Waals surface area contributed by atoms with Gasteiger partial charge < -0.3 is 26.6 Å². The number of aromatic nitrogens is 2. The van der Waals surface area contributed by atoms with Crippen LogP contribution < -0.4 is 16.4 Å². The molecule has 1 saturated carbocycles. The summed E-state index contributed by atoms with van der Waals surface area (Å²) in [5.41, 5.74) is 3.61. The molecule has 13 heteroatoms. The van der Waals surface area contributed by atoms with Gasteiger partial charge in [0.1, 0.15) is 11.9 Å². The molecule has 2 aliphatic rings. The largest absolute Gasteiger partial charge is 0.391 e. The number of aliphatic hydroxyl groups is 2. The summed E-state index contributed by atoms with van der Waals surface area (Å²) in [7, 11) is 0. The molecule has 198 valence electrons. The van der Waals surface area contributed by atoms with E-state index in [2.05, 4.69) is 20.6 Å². The second-order valence-corrected chi connectivity index (χ2v) is 9.62. The first-order chi connectivity index (χ1) is 16.4. The number of anilines is 2. The van der Waals surface area contributed by atoms with Gasteiger partial charge in [-0.15, -0.1) is 0 Å². The van der Waals surface area contributed by atoms with Crippen molar-refractivity contribution in [1.82, 2.24) is 14.9 Å². The zero-order valence-electron chi connectivity index (χ0n) is 19.7. The first-order valence-corrected chi connectivity index (χ1v) is 11.9. The van der Waals surface area contributed by atoms with Crippen molar-refractivity contribution in [2.45, 2.75) is 69.4 Å². The van der Waals surface area contributed by atoms with E-state index in [4.69, 9.17) is 5.73 Å². The van der Waals surface area contributed by atoms with Gasteiger partial charge in [-0.05, 0) is 44.4 Å². The molecule has 1 aliphatic carbocycles. The summed E-state index contributed by atoms with van der Waals surface area (Å²) in [5, 5.41) is 27.0. The number of rotatable bonds is 9. The number of amides is 1. The fraction of sp³-hybridized carbons (Fsp3) is 0.773. The van der Waals surface area contributed by atoms with E-state index in [1.807, 2.05) is 6.92 Å². The summed E-state index contributed by atoms with van der Waals surface area (Å²) < 4.78 is 54.1. The second-order valence-electron chi connectivity index (χ2n) is 9.62. The molecule has 35 heavy (non-hydrogen) atoms. The SMILES string of the molecule is CC[C@@H](Nc1ncnc(NC[C@]2(O)CCN(CC(N)=O)C[C@H]2O)c1F)C1CCC(C(F)(F)F)CC1. The van der Waals surface area contributed by atoms with E-state index in [0.29, 0.717) is 25.8 Å². The number of piperidine rings is 1. The average Bonchev–Trinajstić information content (AvgIpc) is 2.79. The standard InChI is InChI=1S/C22H34F4N6O3/c1-2-15(13-3-5-14(6-4-13)22(24,25)26)31-20-18(23)19(29-12-30-20)28-11-21(35)7-8-32(9-16(21)33)10-17(27)34/h12-16,33,35H,2-11H2,1H3,(H2,27,34)(H2,28,29,30,31)/t13?,14?,15-,16-,21-/m1/s1. The van der Waals surface area contributed by atoms with Crippen LogP contribution in [0.15, 0.2) is 6.33 Å². The number of carbonyl (C=O) groups is 1. The Morgan fingerprint density at radius 3 is 2.51 bits per heavy atom. The highest BCUT2D eigenvalue weighted by atomic mass is 19.4. The molecule has 0 spiro atoms. The number of aliphatic hydroxyl groups excluding tert-OH is 1. The summed E-state index contributed by atoms with van der Waals surface area (Å²) in [4.78, 5) is 20.6. The highest BCUT2D eigenvalue weighted by Crippen LogP contribution is 2.41. The van der Waals surface area contributed by atoms with Crippen LogP contribution in [0.2, 0.25) is 0 Å². The molecular weight excluding hydrogens is 472 g/mol. The van der Waals surface area contributed by atoms with E-state index in [-0.39, 0.29) is 62.5 Å². The van der Waals surface area contributed by atoms with Gasteiger partial charge in [-0.3, -0.25) is 9.69 Å². The first-order valence-electron chi connectivity index (χ1n) is 11.9. The third-order valence-corrected chi connectivity index (χ3v) is 7.21. The Hall–Kier alpha value is -2.25. The third kappa shape index (κ3) is 6.91. The Morgan fingerprint density at radius 2 is 1.94 bits per heavy atom. The Kier molecular flexibility index (Phi) is 8.76. The van der Waals surface area contributed by atoms with E-state index in [1.165, 1.54) is 0 Å². The predicted molar refractivity (Wildman–Crippen MR) is 121 cm³/mol. The molecule has 3 atom stereocenters. The van der Waals surface area contributed by atoms with Crippen molar-refractivity contribution in [1.29, 1.82) is 0 Å². The number of nitrogens with two attached hydrogens (primary N) is 1. The van der Waals surface area contributed by atoms with E-state index in [0.717, 1.165) is 6.33 Å². The molecule has 3 rings (SSSR count). The van der Waals surface area contributed by atoms with Crippen molar-refractivity contribution < 1.29 is 32.6 Å². The van der Waals surface area contributed by atoms with E-state index in [1.54, 1.807) is 4.90 Å². The van der Waals surface area contributed by atoms with Crippen LogP contribution in [0.1, 0.15) is 45.4 Å². The summed E-state index contributed by atoms with van der Waals surface area (Å²) in [6.07, 6.45) is -2.61. The Morgan fingerprint density at radius 1 is 1.29 bits per heavy atom. The number of hydrogen-bond donors (Lipinski definition) is 5. The second kappa shape index (κ2) is 11.2. The summed E-state index contributed by atoms with van der Waals surface area (Å²) in [6, 6.07) is -0.248. The molecule has 6 N–H and O–H groups in total. The number of likely N-dealkylation sites (tertiary alicyclic amines) is 1. The van der Waals surface area contributed by atoms with Gasteiger partial charge in [0.2, 0.25) is 11.7 Å². The van der Waals surface area contributed by atoms with Crippen LogP contribution in [0, 0.1) is 17.7 Å².